The van der Waals surface area contributed by atoms with E-state index in [4.69, 9.17) is 0 Å². The summed E-state index contributed by atoms with van der Waals surface area (Å²) in [5, 5.41) is 0. The number of hydrogen-bond acceptors (Lipinski definition) is 0. The summed E-state index contributed by atoms with van der Waals surface area (Å²) in [4.78, 5) is 0. The lowest BCUT2D eigenvalue weighted by Crippen LogP contribution is -2.28. The molecule has 0 aromatic heterocycles. The van der Waals surface area contributed by atoms with E-state index < -0.39 is 0 Å². The molecule has 16 heavy (non-hydrogen) atoms. The van der Waals surface area contributed by atoms with Gasteiger partial charge in [-0.3, -0.25) is 0 Å². The van der Waals surface area contributed by atoms with Gasteiger partial charge in [0.05, 0.1) is 0 Å². The molecule has 0 aromatic carbocycles. The molecule has 0 heteroatoms. The fourth-order valence-electron chi connectivity index (χ4n) is 2.39. The Morgan fingerprint density at radius 2 is 1.31 bits per heavy atom. The number of rotatable bonds is 6. The van der Waals surface area contributed by atoms with Crippen LogP contribution in [0.1, 0.15) is 74.7 Å². The molecule has 0 bridgehead atoms. The molecule has 0 amide bonds. The van der Waals surface area contributed by atoms with E-state index in [9.17, 15) is 0 Å². The van der Waals surface area contributed by atoms with Crippen LogP contribution in [-0.2, 0) is 0 Å². The molecule has 0 rings (SSSR count). The topological polar surface area (TPSA) is 0 Å². The second-order valence-electron chi connectivity index (χ2n) is 7.32. The van der Waals surface area contributed by atoms with Crippen LogP contribution >= 0.6 is 0 Å². The monoisotopic (exact) mass is 226 g/mol. The van der Waals surface area contributed by atoms with Crippen molar-refractivity contribution in [1.82, 2.24) is 0 Å². The maximum atomic E-state index is 2.44. The molecule has 0 fully saturated rings. The summed E-state index contributed by atoms with van der Waals surface area (Å²) < 4.78 is 0. The SMILES string of the molecule is CC(C)CCCC(C)C(C)C(C)C(C)(C)C. The predicted molar refractivity (Wildman–Crippen MR) is 75.6 cm³/mol. The number of hydrogen-bond donors (Lipinski definition) is 0. The first-order chi connectivity index (χ1) is 7.16. The van der Waals surface area contributed by atoms with Gasteiger partial charge in [0.1, 0.15) is 0 Å². The first kappa shape index (κ1) is 16.0. The minimum absolute atomic E-state index is 0.450. The predicted octanol–water partition coefficient (Wildman–Crippen LogP) is 5.77. The van der Waals surface area contributed by atoms with Gasteiger partial charge < -0.3 is 0 Å². The zero-order chi connectivity index (χ0) is 12.9. The second-order valence-corrected chi connectivity index (χ2v) is 7.32. The summed E-state index contributed by atoms with van der Waals surface area (Å²) in [5.41, 5.74) is 0.450. The first-order valence-electron chi connectivity index (χ1n) is 7.16. The summed E-state index contributed by atoms with van der Waals surface area (Å²) in [6.45, 7) is 19.1. The maximum Gasteiger partial charge on any atom is -0.0354 e. The van der Waals surface area contributed by atoms with Crippen LogP contribution in [0.4, 0.5) is 0 Å². The molecule has 0 nitrogen and oxygen atoms in total. The third-order valence-corrected chi connectivity index (χ3v) is 4.49. The van der Waals surface area contributed by atoms with Crippen LogP contribution in [0.25, 0.3) is 0 Å². The summed E-state index contributed by atoms with van der Waals surface area (Å²) in [7, 11) is 0. The third kappa shape index (κ3) is 5.92. The molecule has 0 heterocycles. The molecule has 0 radical (unpaired) electrons. The first-order valence-corrected chi connectivity index (χ1v) is 7.16. The van der Waals surface area contributed by atoms with Gasteiger partial charge in [0.15, 0.2) is 0 Å². The average molecular weight is 226 g/mol. The van der Waals surface area contributed by atoms with Crippen LogP contribution in [0.3, 0.4) is 0 Å². The van der Waals surface area contributed by atoms with Gasteiger partial charge in [-0.15, -0.1) is 0 Å². The fraction of sp³-hybridized carbons (Fsp3) is 1.00. The molecule has 0 saturated heterocycles. The van der Waals surface area contributed by atoms with Crippen LogP contribution < -0.4 is 0 Å². The molecule has 0 spiro atoms. The summed E-state index contributed by atoms with van der Waals surface area (Å²) >= 11 is 0. The minimum Gasteiger partial charge on any atom is -0.0628 e. The zero-order valence-corrected chi connectivity index (χ0v) is 12.9. The maximum absolute atomic E-state index is 2.44. The Morgan fingerprint density at radius 1 is 0.812 bits per heavy atom. The molecular formula is C16H34. The lowest BCUT2D eigenvalue weighted by molar-refractivity contribution is 0.139. The summed E-state index contributed by atoms with van der Waals surface area (Å²) in [5.74, 6) is 3.38. The Kier molecular flexibility index (Phi) is 6.67. The Bertz CT molecular complexity index is 173. The highest BCUT2D eigenvalue weighted by atomic mass is 14.3. The van der Waals surface area contributed by atoms with Crippen molar-refractivity contribution in [3.63, 3.8) is 0 Å². The molecule has 3 atom stereocenters. The van der Waals surface area contributed by atoms with Gasteiger partial charge in [0.2, 0.25) is 0 Å². The summed E-state index contributed by atoms with van der Waals surface area (Å²) in [6.07, 6.45) is 4.20. The Hall–Kier alpha value is 0. The van der Waals surface area contributed by atoms with Crippen molar-refractivity contribution in [2.75, 3.05) is 0 Å². The van der Waals surface area contributed by atoms with Crippen molar-refractivity contribution >= 4 is 0 Å². The third-order valence-electron chi connectivity index (χ3n) is 4.49. The highest BCUT2D eigenvalue weighted by Crippen LogP contribution is 2.36. The molecule has 98 valence electrons. The van der Waals surface area contributed by atoms with Gasteiger partial charge in [-0.1, -0.05) is 74.7 Å². The van der Waals surface area contributed by atoms with Gasteiger partial charge in [-0.25, -0.2) is 0 Å². The van der Waals surface area contributed by atoms with Gasteiger partial charge in [0.25, 0.3) is 0 Å². The smallest absolute Gasteiger partial charge is 0.0354 e. The largest absolute Gasteiger partial charge is 0.0628 e. The van der Waals surface area contributed by atoms with Gasteiger partial charge in [0, 0.05) is 0 Å². The lowest BCUT2D eigenvalue weighted by Gasteiger charge is -2.36. The van der Waals surface area contributed by atoms with Crippen molar-refractivity contribution in [3.8, 4) is 0 Å². The Labute approximate surface area is 104 Å². The van der Waals surface area contributed by atoms with Crippen LogP contribution in [0.15, 0.2) is 0 Å². The summed E-state index contributed by atoms with van der Waals surface area (Å²) in [6, 6.07) is 0. The van der Waals surface area contributed by atoms with E-state index in [1.165, 1.54) is 19.3 Å². The van der Waals surface area contributed by atoms with E-state index in [-0.39, 0.29) is 0 Å². The highest BCUT2D eigenvalue weighted by molar-refractivity contribution is 4.77. The lowest BCUT2D eigenvalue weighted by atomic mass is 9.70. The van der Waals surface area contributed by atoms with E-state index in [1.807, 2.05) is 0 Å². The minimum atomic E-state index is 0.450. The fourth-order valence-corrected chi connectivity index (χ4v) is 2.39. The van der Waals surface area contributed by atoms with Crippen molar-refractivity contribution < 1.29 is 0 Å². The van der Waals surface area contributed by atoms with E-state index >= 15 is 0 Å². The zero-order valence-electron chi connectivity index (χ0n) is 12.9. The van der Waals surface area contributed by atoms with Crippen LogP contribution in [0, 0.1) is 29.1 Å². The Morgan fingerprint density at radius 3 is 1.69 bits per heavy atom. The second kappa shape index (κ2) is 6.67. The Balaban J connectivity index is 4.03. The molecule has 0 aromatic rings. The van der Waals surface area contributed by atoms with Crippen LogP contribution in [0.5, 0.6) is 0 Å². The van der Waals surface area contributed by atoms with E-state index in [0.29, 0.717) is 5.41 Å². The van der Waals surface area contributed by atoms with Crippen LogP contribution in [-0.4, -0.2) is 0 Å². The molecule has 0 aliphatic carbocycles. The van der Waals surface area contributed by atoms with Gasteiger partial charge >= 0.3 is 0 Å². The van der Waals surface area contributed by atoms with Crippen molar-refractivity contribution in [2.45, 2.75) is 74.7 Å². The highest BCUT2D eigenvalue weighted by Gasteiger charge is 2.28. The average Bonchev–Trinajstić information content (AvgIpc) is 2.13. The normalized spacial score (nSPS) is 18.6. The molecule has 0 saturated carbocycles. The molecular weight excluding hydrogens is 192 g/mol. The molecule has 3 unspecified atom stereocenters. The quantitative estimate of drug-likeness (QED) is 0.539. The molecule has 0 N–H and O–H groups in total. The van der Waals surface area contributed by atoms with E-state index in [1.54, 1.807) is 0 Å². The molecule has 0 aliphatic rings. The van der Waals surface area contributed by atoms with Gasteiger partial charge in [-0.05, 0) is 29.1 Å². The van der Waals surface area contributed by atoms with Crippen LogP contribution in [0.2, 0.25) is 0 Å². The van der Waals surface area contributed by atoms with Crippen molar-refractivity contribution in [3.05, 3.63) is 0 Å². The van der Waals surface area contributed by atoms with Gasteiger partial charge in [-0.2, -0.15) is 0 Å². The van der Waals surface area contributed by atoms with Crippen molar-refractivity contribution in [2.24, 2.45) is 29.1 Å². The standard InChI is InChI=1S/C16H34/c1-12(2)10-9-11-13(3)14(4)15(5)16(6,7)8/h12-15H,9-11H2,1-8H3. The van der Waals surface area contributed by atoms with E-state index in [0.717, 1.165) is 23.7 Å². The van der Waals surface area contributed by atoms with E-state index in [2.05, 4.69) is 55.4 Å². The molecule has 0 aliphatic heterocycles. The van der Waals surface area contributed by atoms with Crippen molar-refractivity contribution in [1.29, 1.82) is 0 Å².